The van der Waals surface area contributed by atoms with Gasteiger partial charge in [0, 0.05) is 19.6 Å². The molecule has 0 aliphatic carbocycles. The Labute approximate surface area is 120 Å². The number of hydrogen-bond acceptors (Lipinski definition) is 3. The monoisotopic (exact) mass is 274 g/mol. The third-order valence-electron chi connectivity index (χ3n) is 4.82. The molecular weight excluding hydrogens is 252 g/mol. The van der Waals surface area contributed by atoms with Crippen molar-refractivity contribution in [2.75, 3.05) is 26.7 Å². The molecule has 1 N–H and O–H groups in total. The topological polar surface area (TPSA) is 41.6 Å². The Morgan fingerprint density at radius 1 is 1.40 bits per heavy atom. The van der Waals surface area contributed by atoms with Gasteiger partial charge >= 0.3 is 0 Å². The van der Waals surface area contributed by atoms with Crippen LogP contribution in [0.5, 0.6) is 5.75 Å². The van der Waals surface area contributed by atoms with Crippen LogP contribution in [0.1, 0.15) is 41.8 Å². The number of rotatable bonds is 3. The van der Waals surface area contributed by atoms with Crippen molar-refractivity contribution in [3.8, 4) is 5.75 Å². The van der Waals surface area contributed by atoms with Gasteiger partial charge in [-0.05, 0) is 24.0 Å². The number of aryl methyl sites for hydroxylation is 1. The molecule has 0 radical (unpaired) electrons. The second-order valence-corrected chi connectivity index (χ2v) is 5.55. The predicted molar refractivity (Wildman–Crippen MR) is 78.2 cm³/mol. The molecule has 1 aromatic rings. The molecule has 1 atom stereocenters. The summed E-state index contributed by atoms with van der Waals surface area (Å²) in [5.74, 6) is 0.910. The lowest BCUT2D eigenvalue weighted by Gasteiger charge is -2.42. The van der Waals surface area contributed by atoms with Gasteiger partial charge in [-0.1, -0.05) is 26.0 Å². The third kappa shape index (κ3) is 1.54. The fraction of sp³-hybridized carbons (Fsp3) is 0.562. The zero-order chi connectivity index (χ0) is 14.3. The van der Waals surface area contributed by atoms with Crippen molar-refractivity contribution >= 4 is 5.91 Å². The molecule has 108 valence electrons. The van der Waals surface area contributed by atoms with Gasteiger partial charge in [-0.25, -0.2) is 0 Å². The number of ether oxygens (including phenoxy) is 1. The van der Waals surface area contributed by atoms with Gasteiger partial charge in [0.05, 0.1) is 18.2 Å². The number of benzene rings is 1. The summed E-state index contributed by atoms with van der Waals surface area (Å²) in [7, 11) is 1.66. The molecule has 4 heteroatoms. The van der Waals surface area contributed by atoms with Crippen LogP contribution in [0, 0.1) is 0 Å². The molecule has 2 aliphatic rings. The maximum absolute atomic E-state index is 12.9. The summed E-state index contributed by atoms with van der Waals surface area (Å²) in [6.45, 7) is 6.71. The van der Waals surface area contributed by atoms with Crippen molar-refractivity contribution in [2.45, 2.75) is 32.2 Å². The van der Waals surface area contributed by atoms with Gasteiger partial charge in [0.15, 0.2) is 0 Å². The highest BCUT2D eigenvalue weighted by Gasteiger charge is 2.51. The van der Waals surface area contributed by atoms with Gasteiger partial charge in [0.1, 0.15) is 5.75 Å². The summed E-state index contributed by atoms with van der Waals surface area (Å²) in [6.07, 6.45) is 1.80. The number of nitrogens with one attached hydrogen (secondary N) is 1. The fourth-order valence-corrected chi connectivity index (χ4v) is 3.71. The van der Waals surface area contributed by atoms with Gasteiger partial charge in [0.25, 0.3) is 5.91 Å². The summed E-state index contributed by atoms with van der Waals surface area (Å²) in [5, 5.41) is 3.44. The SMILES string of the molecule is CCc1ccc2c(c1OC)C(=O)N1CCNC[C@@]21CC. The molecule has 20 heavy (non-hydrogen) atoms. The molecule has 1 amide bonds. The lowest BCUT2D eigenvalue weighted by Crippen LogP contribution is -2.56. The lowest BCUT2D eigenvalue weighted by atomic mass is 9.84. The first-order valence-corrected chi connectivity index (χ1v) is 7.42. The number of methoxy groups -OCH3 is 1. The normalized spacial score (nSPS) is 24.6. The van der Waals surface area contributed by atoms with Crippen molar-refractivity contribution in [3.05, 3.63) is 28.8 Å². The van der Waals surface area contributed by atoms with Crippen molar-refractivity contribution in [1.29, 1.82) is 0 Å². The molecule has 0 bridgehead atoms. The van der Waals surface area contributed by atoms with Gasteiger partial charge in [-0.15, -0.1) is 0 Å². The van der Waals surface area contributed by atoms with E-state index in [0.29, 0.717) is 0 Å². The van der Waals surface area contributed by atoms with E-state index < -0.39 is 0 Å². The number of hydrogen-bond donors (Lipinski definition) is 1. The molecule has 4 nitrogen and oxygen atoms in total. The van der Waals surface area contributed by atoms with E-state index in [1.54, 1.807) is 7.11 Å². The van der Waals surface area contributed by atoms with E-state index in [0.717, 1.165) is 54.9 Å². The number of carbonyl (C=O) groups excluding carboxylic acids is 1. The molecule has 0 spiro atoms. The minimum absolute atomic E-state index is 0.135. The molecule has 2 aliphatic heterocycles. The maximum atomic E-state index is 12.9. The van der Waals surface area contributed by atoms with Crippen LogP contribution in [0.15, 0.2) is 12.1 Å². The predicted octanol–water partition coefficient (Wildman–Crippen LogP) is 1.92. The second kappa shape index (κ2) is 4.77. The number of carbonyl (C=O) groups is 1. The average molecular weight is 274 g/mol. The van der Waals surface area contributed by atoms with Gasteiger partial charge in [-0.2, -0.15) is 0 Å². The zero-order valence-electron chi connectivity index (χ0n) is 12.5. The van der Waals surface area contributed by atoms with Crippen LogP contribution >= 0.6 is 0 Å². The van der Waals surface area contributed by atoms with Gasteiger partial charge < -0.3 is 15.0 Å². The number of amides is 1. The van der Waals surface area contributed by atoms with E-state index in [9.17, 15) is 4.79 Å². The van der Waals surface area contributed by atoms with E-state index in [2.05, 4.69) is 31.3 Å². The summed E-state index contributed by atoms with van der Waals surface area (Å²) in [6, 6.07) is 4.24. The minimum atomic E-state index is -0.190. The highest BCUT2D eigenvalue weighted by molar-refractivity contribution is 6.03. The molecule has 2 heterocycles. The summed E-state index contributed by atoms with van der Waals surface area (Å²) in [5.41, 5.74) is 2.84. The largest absolute Gasteiger partial charge is 0.496 e. The first-order valence-electron chi connectivity index (χ1n) is 7.42. The molecule has 1 aromatic carbocycles. The van der Waals surface area contributed by atoms with Crippen LogP contribution < -0.4 is 10.1 Å². The fourth-order valence-electron chi connectivity index (χ4n) is 3.71. The molecule has 3 rings (SSSR count). The standard InChI is InChI=1S/C16H22N2O2/c1-4-11-6-7-12-13(14(11)20-3)15(19)18-9-8-17-10-16(12,18)5-2/h6-7,17H,4-5,8-10H2,1-3H3/t16-/m0/s1. The first kappa shape index (κ1) is 13.4. The van der Waals surface area contributed by atoms with Crippen molar-refractivity contribution in [1.82, 2.24) is 10.2 Å². The van der Waals surface area contributed by atoms with Crippen LogP contribution in [0.3, 0.4) is 0 Å². The lowest BCUT2D eigenvalue weighted by molar-refractivity contribution is 0.0442. The summed E-state index contributed by atoms with van der Waals surface area (Å²) < 4.78 is 5.58. The average Bonchev–Trinajstić information content (AvgIpc) is 2.77. The van der Waals surface area contributed by atoms with E-state index in [4.69, 9.17) is 4.74 Å². The van der Waals surface area contributed by atoms with Gasteiger partial charge in [0.2, 0.25) is 0 Å². The second-order valence-electron chi connectivity index (χ2n) is 5.55. The molecule has 1 fully saturated rings. The maximum Gasteiger partial charge on any atom is 0.258 e. The van der Waals surface area contributed by atoms with Crippen LogP contribution in [0.2, 0.25) is 0 Å². The third-order valence-corrected chi connectivity index (χ3v) is 4.82. The number of piperazine rings is 1. The Kier molecular flexibility index (Phi) is 3.21. The Bertz CT molecular complexity index is 556. The van der Waals surface area contributed by atoms with E-state index in [-0.39, 0.29) is 11.4 Å². The Hall–Kier alpha value is -1.55. The van der Waals surface area contributed by atoms with Crippen molar-refractivity contribution in [3.63, 3.8) is 0 Å². The number of nitrogens with zero attached hydrogens (tertiary/aromatic N) is 1. The Balaban J connectivity index is 2.24. The summed E-state index contributed by atoms with van der Waals surface area (Å²) in [4.78, 5) is 14.9. The highest BCUT2D eigenvalue weighted by Crippen LogP contribution is 2.46. The Morgan fingerprint density at radius 3 is 2.85 bits per heavy atom. The molecule has 0 saturated carbocycles. The van der Waals surface area contributed by atoms with Crippen molar-refractivity contribution < 1.29 is 9.53 Å². The highest BCUT2D eigenvalue weighted by atomic mass is 16.5. The van der Waals surface area contributed by atoms with E-state index in [1.165, 1.54) is 0 Å². The van der Waals surface area contributed by atoms with Crippen LogP contribution in [0.4, 0.5) is 0 Å². The Morgan fingerprint density at radius 2 is 2.20 bits per heavy atom. The van der Waals surface area contributed by atoms with E-state index in [1.807, 2.05) is 4.90 Å². The molecule has 0 aromatic heterocycles. The van der Waals surface area contributed by atoms with Crippen molar-refractivity contribution in [2.24, 2.45) is 0 Å². The minimum Gasteiger partial charge on any atom is -0.496 e. The molecule has 1 saturated heterocycles. The van der Waals surface area contributed by atoms with Crippen LogP contribution in [0.25, 0.3) is 0 Å². The smallest absolute Gasteiger partial charge is 0.258 e. The quantitative estimate of drug-likeness (QED) is 0.915. The number of fused-ring (bicyclic) bond motifs is 3. The van der Waals surface area contributed by atoms with Crippen LogP contribution in [-0.4, -0.2) is 37.6 Å². The first-order chi connectivity index (χ1) is 9.69. The van der Waals surface area contributed by atoms with Crippen LogP contribution in [-0.2, 0) is 12.0 Å². The van der Waals surface area contributed by atoms with E-state index >= 15 is 0 Å². The van der Waals surface area contributed by atoms with Gasteiger partial charge in [-0.3, -0.25) is 4.79 Å². The molecule has 0 unspecified atom stereocenters. The summed E-state index contributed by atoms with van der Waals surface area (Å²) >= 11 is 0. The molecular formula is C16H22N2O2. The zero-order valence-corrected chi connectivity index (χ0v) is 12.5.